The van der Waals surface area contributed by atoms with Gasteiger partial charge in [0.05, 0.1) is 11.2 Å². The van der Waals surface area contributed by atoms with Crippen LogP contribution in [0.15, 0.2) is 4.99 Å². The molecule has 0 aromatic rings. The molecule has 1 rings (SSSR count). The first kappa shape index (κ1) is 23.7. The van der Waals surface area contributed by atoms with Crippen molar-refractivity contribution in [3.8, 4) is 0 Å². The van der Waals surface area contributed by atoms with E-state index in [-0.39, 0.29) is 22.5 Å². The number of nitrogens with zero attached hydrogens (tertiary/aromatic N) is 2. The molecule has 1 aliphatic carbocycles. The van der Waals surface area contributed by atoms with Gasteiger partial charge in [0, 0.05) is 40.0 Å². The van der Waals surface area contributed by atoms with Crippen molar-refractivity contribution in [3.63, 3.8) is 0 Å². The number of guanidine groups is 1. The van der Waals surface area contributed by atoms with Crippen LogP contribution in [-0.2, 0) is 14.6 Å². The van der Waals surface area contributed by atoms with Crippen molar-refractivity contribution in [1.82, 2.24) is 15.5 Å². The lowest BCUT2D eigenvalue weighted by Gasteiger charge is -2.31. The Morgan fingerprint density at radius 2 is 1.78 bits per heavy atom. The Kier molecular flexibility index (Phi) is 8.57. The number of sulfone groups is 1. The maximum Gasteiger partial charge on any atom is 0.230 e. The number of hydrogen-bond donors (Lipinski definition) is 2. The summed E-state index contributed by atoms with van der Waals surface area (Å²) in [6.45, 7) is 7.87. The van der Waals surface area contributed by atoms with Crippen LogP contribution < -0.4 is 10.6 Å². The average molecular weight is 403 g/mol. The van der Waals surface area contributed by atoms with Gasteiger partial charge in [-0.2, -0.15) is 0 Å². The summed E-state index contributed by atoms with van der Waals surface area (Å²) in [6, 6.07) is 0. The molecule has 158 valence electrons. The van der Waals surface area contributed by atoms with Crippen LogP contribution in [0.25, 0.3) is 0 Å². The van der Waals surface area contributed by atoms with Crippen molar-refractivity contribution in [1.29, 1.82) is 0 Å². The molecule has 0 aromatic heterocycles. The quantitative estimate of drug-likeness (QED) is 0.452. The smallest absolute Gasteiger partial charge is 0.230 e. The molecule has 27 heavy (non-hydrogen) atoms. The molecule has 7 nitrogen and oxygen atoms in total. The molecule has 8 heteroatoms. The third kappa shape index (κ3) is 8.07. The molecule has 1 amide bonds. The zero-order chi connectivity index (χ0) is 20.7. The number of carbonyl (C=O) groups excluding carboxylic acids is 1. The predicted octanol–water partition coefficient (Wildman–Crippen LogP) is 1.65. The van der Waals surface area contributed by atoms with E-state index in [0.717, 1.165) is 32.2 Å². The summed E-state index contributed by atoms with van der Waals surface area (Å²) in [7, 11) is 0.648. The van der Waals surface area contributed by atoms with Gasteiger partial charge in [-0.05, 0) is 31.6 Å². The minimum Gasteiger partial charge on any atom is -0.357 e. The molecule has 2 N–H and O–H groups in total. The van der Waals surface area contributed by atoms with Crippen molar-refractivity contribution < 1.29 is 13.2 Å². The molecule has 1 saturated carbocycles. The minimum absolute atomic E-state index is 0.167. The van der Waals surface area contributed by atoms with Crippen molar-refractivity contribution in [2.24, 2.45) is 15.8 Å². The molecular weight excluding hydrogens is 364 g/mol. The topological polar surface area (TPSA) is 90.9 Å². The first-order chi connectivity index (χ1) is 12.4. The second-order valence-corrected chi connectivity index (χ2v) is 11.0. The van der Waals surface area contributed by atoms with Crippen LogP contribution in [0.5, 0.6) is 0 Å². The zero-order valence-corrected chi connectivity index (χ0v) is 18.7. The Morgan fingerprint density at radius 3 is 2.26 bits per heavy atom. The predicted molar refractivity (Wildman–Crippen MR) is 112 cm³/mol. The van der Waals surface area contributed by atoms with Gasteiger partial charge in [-0.3, -0.25) is 9.79 Å². The van der Waals surface area contributed by atoms with Crippen LogP contribution in [-0.4, -0.2) is 70.9 Å². The third-order valence-corrected chi connectivity index (χ3v) is 6.12. The molecule has 0 heterocycles. The summed E-state index contributed by atoms with van der Waals surface area (Å²) in [6.07, 6.45) is 5.78. The van der Waals surface area contributed by atoms with Gasteiger partial charge in [0.15, 0.2) is 5.96 Å². The number of amides is 1. The van der Waals surface area contributed by atoms with Crippen LogP contribution in [0, 0.1) is 10.8 Å². The van der Waals surface area contributed by atoms with Gasteiger partial charge in [0.25, 0.3) is 0 Å². The highest BCUT2D eigenvalue weighted by molar-refractivity contribution is 7.90. The Morgan fingerprint density at radius 1 is 1.19 bits per heavy atom. The molecule has 0 saturated heterocycles. The van der Waals surface area contributed by atoms with E-state index in [1.807, 2.05) is 34.9 Å². The monoisotopic (exact) mass is 402 g/mol. The molecule has 0 spiro atoms. The summed E-state index contributed by atoms with van der Waals surface area (Å²) < 4.78 is 22.9. The Balaban J connectivity index is 2.77. The van der Waals surface area contributed by atoms with Crippen LogP contribution in [0.1, 0.15) is 52.9 Å². The molecule has 0 atom stereocenters. The SMILES string of the molecule is CCNC(=NCC(C)(C)CCS(C)(=O)=O)NCC1(C(=O)N(C)C)CCCC1. The van der Waals surface area contributed by atoms with E-state index < -0.39 is 9.84 Å². The van der Waals surface area contributed by atoms with E-state index in [1.54, 1.807) is 4.90 Å². The van der Waals surface area contributed by atoms with Gasteiger partial charge in [-0.25, -0.2) is 8.42 Å². The second kappa shape index (κ2) is 9.75. The Bertz CT molecular complexity index is 621. The highest BCUT2D eigenvalue weighted by Gasteiger charge is 2.42. The van der Waals surface area contributed by atoms with E-state index in [9.17, 15) is 13.2 Å². The van der Waals surface area contributed by atoms with Crippen molar-refractivity contribution in [3.05, 3.63) is 0 Å². The largest absolute Gasteiger partial charge is 0.357 e. The highest BCUT2D eigenvalue weighted by Crippen LogP contribution is 2.38. The molecule has 0 radical (unpaired) electrons. The van der Waals surface area contributed by atoms with Gasteiger partial charge < -0.3 is 15.5 Å². The fraction of sp³-hybridized carbons (Fsp3) is 0.895. The lowest BCUT2D eigenvalue weighted by Crippen LogP contribution is -2.49. The first-order valence-electron chi connectivity index (χ1n) is 9.82. The molecule has 0 aromatic carbocycles. The van der Waals surface area contributed by atoms with Gasteiger partial charge >= 0.3 is 0 Å². The first-order valence-corrected chi connectivity index (χ1v) is 11.9. The second-order valence-electron chi connectivity index (χ2n) is 8.78. The fourth-order valence-electron chi connectivity index (χ4n) is 3.42. The number of nitrogens with one attached hydrogen (secondary N) is 2. The molecule has 0 aliphatic heterocycles. The van der Waals surface area contributed by atoms with E-state index in [1.165, 1.54) is 6.26 Å². The summed E-state index contributed by atoms with van der Waals surface area (Å²) in [5.74, 6) is 1.03. The van der Waals surface area contributed by atoms with Gasteiger partial charge in [-0.15, -0.1) is 0 Å². The number of aliphatic imine (C=N–C) groups is 1. The van der Waals surface area contributed by atoms with Gasteiger partial charge in [0.1, 0.15) is 9.84 Å². The van der Waals surface area contributed by atoms with E-state index in [2.05, 4.69) is 15.6 Å². The standard InChI is InChI=1S/C19H38N4O3S/c1-7-20-17(21-14-18(2,3)12-13-27(6,25)26)22-15-19(10-8-9-11-19)16(24)23(4)5/h7-15H2,1-6H3,(H2,20,21,22). The maximum absolute atomic E-state index is 12.7. The summed E-state index contributed by atoms with van der Waals surface area (Å²) >= 11 is 0. The number of carbonyl (C=O) groups is 1. The minimum atomic E-state index is -2.98. The van der Waals surface area contributed by atoms with Crippen LogP contribution in [0.2, 0.25) is 0 Å². The molecular formula is C19H38N4O3S. The zero-order valence-electron chi connectivity index (χ0n) is 17.9. The number of rotatable bonds is 9. The van der Waals surface area contributed by atoms with Crippen molar-refractivity contribution in [2.75, 3.05) is 45.7 Å². The van der Waals surface area contributed by atoms with Crippen LogP contribution in [0.3, 0.4) is 0 Å². The van der Waals surface area contributed by atoms with Crippen molar-refractivity contribution in [2.45, 2.75) is 52.9 Å². The van der Waals surface area contributed by atoms with Gasteiger partial charge in [0.2, 0.25) is 5.91 Å². The van der Waals surface area contributed by atoms with E-state index >= 15 is 0 Å². The van der Waals surface area contributed by atoms with E-state index in [4.69, 9.17) is 0 Å². The normalized spacial score (nSPS) is 17.6. The molecule has 0 unspecified atom stereocenters. The summed E-state index contributed by atoms with van der Waals surface area (Å²) in [5.41, 5.74) is -0.568. The highest BCUT2D eigenvalue weighted by atomic mass is 32.2. The third-order valence-electron chi connectivity index (χ3n) is 5.17. The Hall–Kier alpha value is -1.31. The molecule has 1 fully saturated rings. The maximum atomic E-state index is 12.7. The molecule has 1 aliphatic rings. The lowest BCUT2D eigenvalue weighted by atomic mass is 9.84. The lowest BCUT2D eigenvalue weighted by molar-refractivity contribution is -0.138. The average Bonchev–Trinajstić information content (AvgIpc) is 3.04. The van der Waals surface area contributed by atoms with Gasteiger partial charge in [-0.1, -0.05) is 26.7 Å². The van der Waals surface area contributed by atoms with E-state index in [0.29, 0.717) is 25.5 Å². The van der Waals surface area contributed by atoms with Crippen LogP contribution in [0.4, 0.5) is 0 Å². The van der Waals surface area contributed by atoms with Crippen molar-refractivity contribution >= 4 is 21.7 Å². The fourth-order valence-corrected chi connectivity index (χ4v) is 4.34. The summed E-state index contributed by atoms with van der Waals surface area (Å²) in [5, 5.41) is 6.59. The summed E-state index contributed by atoms with van der Waals surface area (Å²) in [4.78, 5) is 19.0. The Labute approximate surface area is 165 Å². The van der Waals surface area contributed by atoms with Crippen LogP contribution >= 0.6 is 0 Å². The molecule has 0 bridgehead atoms. The number of hydrogen-bond acceptors (Lipinski definition) is 4.